The lowest BCUT2D eigenvalue weighted by Crippen LogP contribution is -2.40. The van der Waals surface area contributed by atoms with E-state index in [2.05, 4.69) is 36.6 Å². The number of ether oxygens (including phenoxy) is 1. The summed E-state index contributed by atoms with van der Waals surface area (Å²) in [6.45, 7) is 9.37. The molecule has 2 N–H and O–H groups in total. The Balaban J connectivity index is 2.21. The highest BCUT2D eigenvalue weighted by Crippen LogP contribution is 2.31. The summed E-state index contributed by atoms with van der Waals surface area (Å²) in [5, 5.41) is 1.32. The number of nitrogens with two attached hydrogens (primary N) is 1. The Morgan fingerprint density at radius 2 is 1.94 bits per heavy atom. The number of nitrogens with zero attached hydrogens (tertiary/aromatic N) is 1. The molecule has 1 aromatic carbocycles. The molecule has 0 bridgehead atoms. The fraction of sp³-hybridized carbons (Fsp3) is 0.571. The van der Waals surface area contributed by atoms with Crippen molar-refractivity contribution in [2.45, 2.75) is 31.3 Å². The van der Waals surface area contributed by atoms with Crippen LogP contribution in [0.25, 0.3) is 0 Å². The number of rotatable bonds is 3. The van der Waals surface area contributed by atoms with Gasteiger partial charge in [0.15, 0.2) is 0 Å². The average molecular weight is 266 g/mol. The SMILES string of the molecule is CCOc1cc(N)cc(N2CC(C)SC(C)C2)c1. The van der Waals surface area contributed by atoms with Gasteiger partial charge in [0.1, 0.15) is 5.75 Å². The van der Waals surface area contributed by atoms with Crippen LogP contribution >= 0.6 is 11.8 Å². The molecule has 1 saturated heterocycles. The third-order valence-electron chi connectivity index (χ3n) is 3.01. The minimum Gasteiger partial charge on any atom is -0.494 e. The molecule has 1 aromatic rings. The molecule has 0 amide bonds. The average Bonchev–Trinajstić information content (AvgIpc) is 2.27. The van der Waals surface area contributed by atoms with E-state index in [0.717, 1.165) is 24.5 Å². The molecule has 2 rings (SSSR count). The van der Waals surface area contributed by atoms with E-state index in [4.69, 9.17) is 10.5 Å². The van der Waals surface area contributed by atoms with Crippen LogP contribution in [-0.2, 0) is 0 Å². The van der Waals surface area contributed by atoms with Crippen molar-refractivity contribution in [1.82, 2.24) is 0 Å². The van der Waals surface area contributed by atoms with Gasteiger partial charge in [-0.3, -0.25) is 0 Å². The second-order valence-corrected chi connectivity index (χ2v) is 6.74. The summed E-state index contributed by atoms with van der Waals surface area (Å²) < 4.78 is 5.56. The highest BCUT2D eigenvalue weighted by atomic mass is 32.2. The first kappa shape index (κ1) is 13.4. The molecule has 1 aliphatic rings. The lowest BCUT2D eigenvalue weighted by Gasteiger charge is -2.36. The van der Waals surface area contributed by atoms with E-state index in [0.29, 0.717) is 17.1 Å². The molecule has 0 aromatic heterocycles. The molecular formula is C14H22N2OS. The molecule has 100 valence electrons. The largest absolute Gasteiger partial charge is 0.494 e. The number of anilines is 2. The van der Waals surface area contributed by atoms with Crippen LogP contribution in [-0.4, -0.2) is 30.2 Å². The van der Waals surface area contributed by atoms with Crippen LogP contribution in [0, 0.1) is 0 Å². The predicted octanol–water partition coefficient (Wildman–Crippen LogP) is 3.00. The van der Waals surface area contributed by atoms with Gasteiger partial charge in [-0.2, -0.15) is 11.8 Å². The van der Waals surface area contributed by atoms with Crippen molar-refractivity contribution in [3.63, 3.8) is 0 Å². The first-order chi connectivity index (χ1) is 8.58. The Morgan fingerprint density at radius 3 is 2.56 bits per heavy atom. The molecule has 0 spiro atoms. The predicted molar refractivity (Wildman–Crippen MR) is 80.8 cm³/mol. The van der Waals surface area contributed by atoms with Gasteiger partial charge in [-0.15, -0.1) is 0 Å². The van der Waals surface area contributed by atoms with Crippen molar-refractivity contribution in [2.75, 3.05) is 30.3 Å². The zero-order chi connectivity index (χ0) is 13.1. The number of hydrogen-bond donors (Lipinski definition) is 1. The maximum atomic E-state index is 5.95. The second-order valence-electron chi connectivity index (χ2n) is 4.86. The summed E-state index contributed by atoms with van der Waals surface area (Å²) >= 11 is 2.05. The summed E-state index contributed by atoms with van der Waals surface area (Å²) in [6, 6.07) is 6.02. The summed E-state index contributed by atoms with van der Waals surface area (Å²) in [4.78, 5) is 2.41. The standard InChI is InChI=1S/C14H22N2OS/c1-4-17-14-6-12(15)5-13(7-14)16-8-10(2)18-11(3)9-16/h5-7,10-11H,4,8-9,15H2,1-3H3. The van der Waals surface area contributed by atoms with E-state index >= 15 is 0 Å². The first-order valence-corrected chi connectivity index (χ1v) is 7.46. The van der Waals surface area contributed by atoms with Crippen molar-refractivity contribution < 1.29 is 4.74 Å². The van der Waals surface area contributed by atoms with Crippen molar-refractivity contribution in [1.29, 1.82) is 0 Å². The van der Waals surface area contributed by atoms with Crippen LogP contribution in [0.15, 0.2) is 18.2 Å². The Morgan fingerprint density at radius 1 is 1.28 bits per heavy atom. The molecule has 3 nitrogen and oxygen atoms in total. The van der Waals surface area contributed by atoms with Gasteiger partial charge in [0.25, 0.3) is 0 Å². The van der Waals surface area contributed by atoms with Crippen LogP contribution in [0.1, 0.15) is 20.8 Å². The van der Waals surface area contributed by atoms with E-state index in [1.807, 2.05) is 19.1 Å². The van der Waals surface area contributed by atoms with Crippen LogP contribution in [0.5, 0.6) is 5.75 Å². The Hall–Kier alpha value is -1.03. The maximum Gasteiger partial charge on any atom is 0.123 e. The van der Waals surface area contributed by atoms with Gasteiger partial charge in [0.2, 0.25) is 0 Å². The van der Waals surface area contributed by atoms with Gasteiger partial charge in [-0.25, -0.2) is 0 Å². The van der Waals surface area contributed by atoms with Crippen molar-refractivity contribution in [3.05, 3.63) is 18.2 Å². The monoisotopic (exact) mass is 266 g/mol. The molecule has 1 fully saturated rings. The Kier molecular flexibility index (Phi) is 4.27. The summed E-state index contributed by atoms with van der Waals surface area (Å²) in [5.74, 6) is 0.867. The number of hydrogen-bond acceptors (Lipinski definition) is 4. The van der Waals surface area contributed by atoms with Crippen LogP contribution in [0.2, 0.25) is 0 Å². The van der Waals surface area contributed by atoms with Crippen molar-refractivity contribution in [3.8, 4) is 5.75 Å². The molecule has 2 unspecified atom stereocenters. The topological polar surface area (TPSA) is 38.5 Å². The first-order valence-electron chi connectivity index (χ1n) is 6.52. The molecule has 0 radical (unpaired) electrons. The second kappa shape index (κ2) is 5.74. The van der Waals surface area contributed by atoms with Gasteiger partial charge >= 0.3 is 0 Å². The molecule has 4 heteroatoms. The van der Waals surface area contributed by atoms with E-state index in [9.17, 15) is 0 Å². The third-order valence-corrected chi connectivity index (χ3v) is 4.24. The zero-order valence-electron chi connectivity index (χ0n) is 11.3. The zero-order valence-corrected chi connectivity index (χ0v) is 12.2. The molecule has 1 aliphatic heterocycles. The third kappa shape index (κ3) is 3.25. The number of nitrogen functional groups attached to an aromatic ring is 1. The summed E-state index contributed by atoms with van der Waals surface area (Å²) in [7, 11) is 0. The van der Waals surface area contributed by atoms with Crippen LogP contribution in [0.4, 0.5) is 11.4 Å². The number of benzene rings is 1. The smallest absolute Gasteiger partial charge is 0.123 e. The quantitative estimate of drug-likeness (QED) is 0.854. The van der Waals surface area contributed by atoms with Gasteiger partial charge in [-0.05, 0) is 13.0 Å². The van der Waals surface area contributed by atoms with Gasteiger partial charge < -0.3 is 15.4 Å². The summed E-state index contributed by atoms with van der Waals surface area (Å²) in [6.07, 6.45) is 0. The Bertz CT molecular complexity index is 401. The fourth-order valence-corrected chi connectivity index (χ4v) is 3.75. The highest BCUT2D eigenvalue weighted by Gasteiger charge is 2.22. The lowest BCUT2D eigenvalue weighted by atomic mass is 10.2. The molecular weight excluding hydrogens is 244 g/mol. The Labute approximate surface area is 114 Å². The minimum absolute atomic E-state index is 0.658. The van der Waals surface area contributed by atoms with E-state index in [1.54, 1.807) is 0 Å². The molecule has 0 aliphatic carbocycles. The normalized spacial score (nSPS) is 24.1. The maximum absolute atomic E-state index is 5.95. The molecule has 18 heavy (non-hydrogen) atoms. The minimum atomic E-state index is 0.658. The molecule has 1 heterocycles. The van der Waals surface area contributed by atoms with E-state index < -0.39 is 0 Å². The molecule has 0 saturated carbocycles. The van der Waals surface area contributed by atoms with Crippen molar-refractivity contribution in [2.24, 2.45) is 0 Å². The van der Waals surface area contributed by atoms with Crippen molar-refractivity contribution >= 4 is 23.1 Å². The highest BCUT2D eigenvalue weighted by molar-refractivity contribution is 8.00. The summed E-state index contributed by atoms with van der Waals surface area (Å²) in [5.41, 5.74) is 7.90. The fourth-order valence-electron chi connectivity index (χ4n) is 2.43. The van der Waals surface area contributed by atoms with Crippen LogP contribution < -0.4 is 15.4 Å². The van der Waals surface area contributed by atoms with Gasteiger partial charge in [0, 0.05) is 47.1 Å². The lowest BCUT2D eigenvalue weighted by molar-refractivity contribution is 0.340. The van der Waals surface area contributed by atoms with E-state index in [-0.39, 0.29) is 0 Å². The van der Waals surface area contributed by atoms with Gasteiger partial charge in [-0.1, -0.05) is 13.8 Å². The molecule has 2 atom stereocenters. The van der Waals surface area contributed by atoms with E-state index in [1.165, 1.54) is 5.69 Å². The number of thioether (sulfide) groups is 1. The van der Waals surface area contributed by atoms with Crippen LogP contribution in [0.3, 0.4) is 0 Å². The van der Waals surface area contributed by atoms with Gasteiger partial charge in [0.05, 0.1) is 6.61 Å².